The van der Waals surface area contributed by atoms with E-state index in [1.165, 1.54) is 4.57 Å². The van der Waals surface area contributed by atoms with Crippen LogP contribution in [0.15, 0.2) is 47.5 Å². The molecule has 6 nitrogen and oxygen atoms in total. The van der Waals surface area contributed by atoms with Crippen molar-refractivity contribution in [3.05, 3.63) is 81.3 Å². The number of aryl methyl sites for hydroxylation is 2. The van der Waals surface area contributed by atoms with Crippen molar-refractivity contribution in [3.63, 3.8) is 0 Å². The van der Waals surface area contributed by atoms with Gasteiger partial charge < -0.3 is 10.3 Å². The van der Waals surface area contributed by atoms with E-state index < -0.39 is 5.91 Å². The summed E-state index contributed by atoms with van der Waals surface area (Å²) < 4.78 is 1.52. The number of pyridine rings is 1. The minimum absolute atomic E-state index is 0.146. The maximum absolute atomic E-state index is 13.1. The summed E-state index contributed by atoms with van der Waals surface area (Å²) in [7, 11) is 0. The number of carbonyl (C=O) groups is 1. The molecule has 6 heteroatoms. The average molecular weight is 378 g/mol. The molecule has 2 heterocycles. The van der Waals surface area contributed by atoms with Gasteiger partial charge in [-0.15, -0.1) is 0 Å². The van der Waals surface area contributed by atoms with Gasteiger partial charge in [0.25, 0.3) is 11.5 Å². The summed E-state index contributed by atoms with van der Waals surface area (Å²) in [4.78, 5) is 33.3. The molecule has 2 N–H and O–H groups in total. The molecule has 3 aromatic rings. The fourth-order valence-electron chi connectivity index (χ4n) is 3.13. The van der Waals surface area contributed by atoms with Crippen molar-refractivity contribution in [3.8, 4) is 5.69 Å². The number of carbonyl (C=O) groups excluding carboxylic acids is 1. The number of nitrogens with one attached hydrogen (secondary N) is 2. The van der Waals surface area contributed by atoms with E-state index in [4.69, 9.17) is 0 Å². The van der Waals surface area contributed by atoms with Gasteiger partial charge in [0.1, 0.15) is 11.4 Å². The molecule has 1 unspecified atom stereocenters. The number of benzene rings is 1. The second kappa shape index (κ2) is 7.84. The number of hydrogen-bond donors (Lipinski definition) is 2. The van der Waals surface area contributed by atoms with Crippen molar-refractivity contribution >= 4 is 5.91 Å². The van der Waals surface area contributed by atoms with Gasteiger partial charge in [0, 0.05) is 23.8 Å². The molecule has 1 aromatic carbocycles. The van der Waals surface area contributed by atoms with Gasteiger partial charge >= 0.3 is 0 Å². The Kier molecular flexibility index (Phi) is 5.49. The lowest BCUT2D eigenvalue weighted by Crippen LogP contribution is -2.35. The molecule has 0 saturated carbocycles. The molecule has 0 aliphatic rings. The van der Waals surface area contributed by atoms with Crippen molar-refractivity contribution in [2.45, 2.75) is 46.6 Å². The fourth-order valence-corrected chi connectivity index (χ4v) is 3.13. The lowest BCUT2D eigenvalue weighted by molar-refractivity contribution is 0.0936. The van der Waals surface area contributed by atoms with Gasteiger partial charge in [-0.2, -0.15) is 0 Å². The molecule has 0 bridgehead atoms. The zero-order valence-corrected chi connectivity index (χ0v) is 16.9. The van der Waals surface area contributed by atoms with Crippen LogP contribution >= 0.6 is 0 Å². The lowest BCUT2D eigenvalue weighted by Gasteiger charge is -2.15. The molecule has 0 aliphatic heterocycles. The van der Waals surface area contributed by atoms with Crippen molar-refractivity contribution in [1.82, 2.24) is 19.9 Å². The average Bonchev–Trinajstić information content (AvgIpc) is 3.08. The van der Waals surface area contributed by atoms with Crippen LogP contribution in [0.3, 0.4) is 0 Å². The summed E-state index contributed by atoms with van der Waals surface area (Å²) >= 11 is 0. The zero-order chi connectivity index (χ0) is 20.4. The van der Waals surface area contributed by atoms with Crippen LogP contribution in [-0.2, 0) is 0 Å². The number of amides is 1. The minimum atomic E-state index is -0.404. The van der Waals surface area contributed by atoms with Gasteiger partial charge in [0.05, 0.1) is 6.04 Å². The highest BCUT2D eigenvalue weighted by atomic mass is 16.2. The zero-order valence-electron chi connectivity index (χ0n) is 16.9. The third-order valence-corrected chi connectivity index (χ3v) is 4.82. The highest BCUT2D eigenvalue weighted by molar-refractivity contribution is 5.95. The third kappa shape index (κ3) is 3.91. The summed E-state index contributed by atoms with van der Waals surface area (Å²) in [6.07, 6.45) is 3.42. The number of rotatable bonds is 5. The Morgan fingerprint density at radius 1 is 1.18 bits per heavy atom. The van der Waals surface area contributed by atoms with E-state index in [1.807, 2.05) is 38.1 Å². The molecule has 2 aromatic heterocycles. The van der Waals surface area contributed by atoms with Crippen LogP contribution in [0.4, 0.5) is 0 Å². The van der Waals surface area contributed by atoms with Crippen LogP contribution < -0.4 is 10.9 Å². The topological polar surface area (TPSA) is 79.8 Å². The fraction of sp³-hybridized carbons (Fsp3) is 0.318. The standard InChI is InChI=1S/C22H26N4O2/c1-13(2)17-7-6-8-18(11-17)26-10-9-14(3)19(22(26)28)21(27)25-16(5)20-23-12-15(4)24-20/h6-13,16H,1-5H3,(H,23,24)(H,25,27). The van der Waals surface area contributed by atoms with E-state index in [0.717, 1.165) is 16.9 Å². The van der Waals surface area contributed by atoms with Crippen LogP contribution in [-0.4, -0.2) is 20.4 Å². The van der Waals surface area contributed by atoms with Crippen LogP contribution in [0.25, 0.3) is 5.69 Å². The first-order valence-electron chi connectivity index (χ1n) is 9.43. The van der Waals surface area contributed by atoms with Gasteiger partial charge in [-0.05, 0) is 56.0 Å². The molecule has 0 fully saturated rings. The van der Waals surface area contributed by atoms with Crippen molar-refractivity contribution in [2.24, 2.45) is 0 Å². The predicted octanol–water partition coefficient (Wildman–Crippen LogP) is 3.79. The first-order valence-corrected chi connectivity index (χ1v) is 9.43. The van der Waals surface area contributed by atoms with E-state index in [9.17, 15) is 9.59 Å². The quantitative estimate of drug-likeness (QED) is 0.709. The molecule has 0 radical (unpaired) electrons. The monoisotopic (exact) mass is 378 g/mol. The van der Waals surface area contributed by atoms with Gasteiger partial charge in [0.2, 0.25) is 0 Å². The second-order valence-corrected chi connectivity index (χ2v) is 7.45. The summed E-state index contributed by atoms with van der Waals surface area (Å²) in [5, 5.41) is 2.87. The molecule has 0 spiro atoms. The number of hydrogen-bond acceptors (Lipinski definition) is 3. The van der Waals surface area contributed by atoms with Gasteiger partial charge in [0.15, 0.2) is 0 Å². The first kappa shape index (κ1) is 19.6. The van der Waals surface area contributed by atoms with Gasteiger partial charge in [-0.1, -0.05) is 26.0 Å². The Morgan fingerprint density at radius 2 is 1.93 bits per heavy atom. The van der Waals surface area contributed by atoms with Gasteiger partial charge in [-0.25, -0.2) is 4.98 Å². The molecule has 1 amide bonds. The molecular weight excluding hydrogens is 352 g/mol. The Hall–Kier alpha value is -3.15. The number of imidazole rings is 1. The van der Waals surface area contributed by atoms with Crippen LogP contribution in [0.1, 0.15) is 65.7 Å². The van der Waals surface area contributed by atoms with E-state index in [1.54, 1.807) is 25.4 Å². The molecule has 0 saturated heterocycles. The first-order chi connectivity index (χ1) is 13.3. The normalized spacial score (nSPS) is 12.2. The molecular formula is C22H26N4O2. The number of nitrogens with zero attached hydrogens (tertiary/aromatic N) is 2. The number of H-pyrrole nitrogens is 1. The van der Waals surface area contributed by atoms with Crippen LogP contribution in [0, 0.1) is 13.8 Å². The number of aromatic nitrogens is 3. The Morgan fingerprint density at radius 3 is 2.57 bits per heavy atom. The summed E-state index contributed by atoms with van der Waals surface area (Å²) in [5.74, 6) is 0.601. The van der Waals surface area contributed by atoms with Crippen molar-refractivity contribution < 1.29 is 4.79 Å². The molecule has 28 heavy (non-hydrogen) atoms. The van der Waals surface area contributed by atoms with E-state index in [0.29, 0.717) is 17.3 Å². The maximum Gasteiger partial charge on any atom is 0.268 e. The number of aromatic amines is 1. The summed E-state index contributed by atoms with van der Waals surface area (Å²) in [6.45, 7) is 9.71. The SMILES string of the molecule is Cc1cnc(C(C)NC(=O)c2c(C)ccn(-c3cccc(C(C)C)c3)c2=O)[nH]1. The highest BCUT2D eigenvalue weighted by Gasteiger charge is 2.20. The summed E-state index contributed by atoms with van der Waals surface area (Å²) in [5.41, 5.74) is 3.26. The largest absolute Gasteiger partial charge is 0.344 e. The predicted molar refractivity (Wildman–Crippen MR) is 110 cm³/mol. The van der Waals surface area contributed by atoms with E-state index in [2.05, 4.69) is 29.1 Å². The summed E-state index contributed by atoms with van der Waals surface area (Å²) in [6, 6.07) is 9.28. The second-order valence-electron chi connectivity index (χ2n) is 7.45. The maximum atomic E-state index is 13.1. The van der Waals surface area contributed by atoms with E-state index >= 15 is 0 Å². The molecule has 3 rings (SSSR count). The lowest BCUT2D eigenvalue weighted by atomic mass is 10.0. The van der Waals surface area contributed by atoms with Crippen LogP contribution in [0.2, 0.25) is 0 Å². The minimum Gasteiger partial charge on any atom is -0.344 e. The third-order valence-electron chi connectivity index (χ3n) is 4.82. The molecule has 146 valence electrons. The highest BCUT2D eigenvalue weighted by Crippen LogP contribution is 2.18. The van der Waals surface area contributed by atoms with Gasteiger partial charge in [-0.3, -0.25) is 14.2 Å². The van der Waals surface area contributed by atoms with E-state index in [-0.39, 0.29) is 17.2 Å². The van der Waals surface area contributed by atoms with Crippen molar-refractivity contribution in [2.75, 3.05) is 0 Å². The Balaban J connectivity index is 1.96. The van der Waals surface area contributed by atoms with Crippen molar-refractivity contribution in [1.29, 1.82) is 0 Å². The molecule has 1 atom stereocenters. The Bertz CT molecular complexity index is 1060. The molecule has 0 aliphatic carbocycles. The Labute approximate surface area is 164 Å². The smallest absolute Gasteiger partial charge is 0.268 e. The van der Waals surface area contributed by atoms with Crippen LogP contribution in [0.5, 0.6) is 0 Å².